The number of imidazole rings is 1. The van der Waals surface area contributed by atoms with Crippen LogP contribution < -0.4 is 4.74 Å². The first-order chi connectivity index (χ1) is 10.2. The lowest BCUT2D eigenvalue weighted by molar-refractivity contribution is 0.0697. The Kier molecular flexibility index (Phi) is 5.37. The van der Waals surface area contributed by atoms with Crippen LogP contribution in [0.3, 0.4) is 0 Å². The monoisotopic (exact) mass is 288 g/mol. The lowest BCUT2D eigenvalue weighted by Crippen LogP contribution is -2.07. The molecule has 1 aromatic heterocycles. The first-order valence-corrected chi connectivity index (χ1v) is 7.17. The van der Waals surface area contributed by atoms with Gasteiger partial charge in [0.2, 0.25) is 0 Å². The van der Waals surface area contributed by atoms with Crippen LogP contribution in [0.25, 0.3) is 0 Å². The fourth-order valence-electron chi connectivity index (χ4n) is 2.11. The van der Waals surface area contributed by atoms with Crippen LogP contribution in [-0.2, 0) is 13.0 Å². The highest BCUT2D eigenvalue weighted by Crippen LogP contribution is 2.12. The molecule has 112 valence electrons. The van der Waals surface area contributed by atoms with Crippen LogP contribution in [0.2, 0.25) is 0 Å². The number of rotatable bonds is 8. The first-order valence-electron chi connectivity index (χ1n) is 7.17. The molecule has 0 aliphatic carbocycles. The van der Waals surface area contributed by atoms with Crippen molar-refractivity contribution in [1.82, 2.24) is 9.55 Å². The van der Waals surface area contributed by atoms with Gasteiger partial charge in [-0.25, -0.2) is 9.78 Å². The lowest BCUT2D eigenvalue weighted by Gasteiger charge is -2.09. The smallest absolute Gasteiger partial charge is 0.335 e. The number of benzene rings is 1. The lowest BCUT2D eigenvalue weighted by atomic mass is 10.2. The van der Waals surface area contributed by atoms with Gasteiger partial charge < -0.3 is 14.4 Å². The van der Waals surface area contributed by atoms with E-state index in [1.807, 2.05) is 12.4 Å². The van der Waals surface area contributed by atoms with Crippen LogP contribution in [-0.4, -0.2) is 27.2 Å². The van der Waals surface area contributed by atoms with Crippen LogP contribution in [0.1, 0.15) is 35.9 Å². The average Bonchev–Trinajstić information content (AvgIpc) is 2.92. The minimum absolute atomic E-state index is 0.268. The summed E-state index contributed by atoms with van der Waals surface area (Å²) in [5.74, 6) is 0.882. The summed E-state index contributed by atoms with van der Waals surface area (Å²) in [5, 5.41) is 8.82. The van der Waals surface area contributed by atoms with E-state index < -0.39 is 5.97 Å². The number of aromatic nitrogens is 2. The summed E-state index contributed by atoms with van der Waals surface area (Å²) in [5.41, 5.74) is 0.268. The van der Waals surface area contributed by atoms with Crippen molar-refractivity contribution in [1.29, 1.82) is 0 Å². The summed E-state index contributed by atoms with van der Waals surface area (Å²) in [4.78, 5) is 15.1. The molecule has 0 saturated heterocycles. The summed E-state index contributed by atoms with van der Waals surface area (Å²) >= 11 is 0. The highest BCUT2D eigenvalue weighted by atomic mass is 16.5. The van der Waals surface area contributed by atoms with E-state index in [1.54, 1.807) is 24.3 Å². The number of nitrogens with zero attached hydrogens (tertiary/aromatic N) is 2. The molecule has 2 rings (SSSR count). The average molecular weight is 288 g/mol. The normalized spacial score (nSPS) is 10.5. The Morgan fingerprint density at radius 3 is 2.76 bits per heavy atom. The van der Waals surface area contributed by atoms with Crippen LogP contribution in [0, 0.1) is 0 Å². The molecule has 0 saturated carbocycles. The van der Waals surface area contributed by atoms with E-state index in [4.69, 9.17) is 9.84 Å². The number of aryl methyl sites for hydroxylation is 2. The van der Waals surface area contributed by atoms with E-state index in [-0.39, 0.29) is 5.56 Å². The van der Waals surface area contributed by atoms with Gasteiger partial charge in [-0.15, -0.1) is 0 Å². The zero-order valence-electron chi connectivity index (χ0n) is 12.2. The quantitative estimate of drug-likeness (QED) is 0.758. The molecule has 0 unspecified atom stereocenters. The molecule has 5 heteroatoms. The van der Waals surface area contributed by atoms with E-state index in [1.165, 1.54) is 0 Å². The maximum Gasteiger partial charge on any atom is 0.335 e. The van der Waals surface area contributed by atoms with E-state index in [2.05, 4.69) is 16.5 Å². The number of carboxylic acids is 1. The molecule has 0 aliphatic heterocycles. The molecule has 1 heterocycles. The van der Waals surface area contributed by atoms with Gasteiger partial charge in [-0.1, -0.05) is 6.92 Å². The fourth-order valence-corrected chi connectivity index (χ4v) is 2.11. The Morgan fingerprint density at radius 1 is 1.33 bits per heavy atom. The van der Waals surface area contributed by atoms with Gasteiger partial charge in [0.1, 0.15) is 11.6 Å². The van der Waals surface area contributed by atoms with Gasteiger partial charge in [0.05, 0.1) is 12.2 Å². The SMILES string of the molecule is CCCc1nccn1CCCOc1ccc(C(=O)O)cc1. The minimum atomic E-state index is -0.926. The van der Waals surface area contributed by atoms with Crippen molar-refractivity contribution in [2.75, 3.05) is 6.61 Å². The summed E-state index contributed by atoms with van der Waals surface area (Å²) in [6.45, 7) is 3.61. The highest BCUT2D eigenvalue weighted by Gasteiger charge is 2.03. The van der Waals surface area contributed by atoms with Gasteiger partial charge in [0.15, 0.2) is 0 Å². The Balaban J connectivity index is 1.76. The largest absolute Gasteiger partial charge is 0.494 e. The van der Waals surface area contributed by atoms with E-state index in [9.17, 15) is 4.79 Å². The summed E-state index contributed by atoms with van der Waals surface area (Å²) < 4.78 is 7.77. The maximum absolute atomic E-state index is 10.7. The van der Waals surface area contributed by atoms with Gasteiger partial charge in [0, 0.05) is 25.4 Å². The van der Waals surface area contributed by atoms with Gasteiger partial charge in [-0.2, -0.15) is 0 Å². The third-order valence-corrected chi connectivity index (χ3v) is 3.19. The maximum atomic E-state index is 10.7. The summed E-state index contributed by atoms with van der Waals surface area (Å²) in [7, 11) is 0. The molecule has 21 heavy (non-hydrogen) atoms. The third kappa shape index (κ3) is 4.34. The van der Waals surface area contributed by atoms with E-state index in [0.717, 1.165) is 31.6 Å². The molecule has 0 spiro atoms. The number of ether oxygens (including phenoxy) is 1. The molecule has 1 aromatic carbocycles. The highest BCUT2D eigenvalue weighted by molar-refractivity contribution is 5.87. The second-order valence-electron chi connectivity index (χ2n) is 4.82. The summed E-state index contributed by atoms with van der Waals surface area (Å²) in [6, 6.07) is 6.46. The van der Waals surface area contributed by atoms with Crippen molar-refractivity contribution in [3.8, 4) is 5.75 Å². The Morgan fingerprint density at radius 2 is 2.10 bits per heavy atom. The molecular weight excluding hydrogens is 268 g/mol. The van der Waals surface area contributed by atoms with Crippen molar-refractivity contribution < 1.29 is 14.6 Å². The Hall–Kier alpha value is -2.30. The number of hydrogen-bond acceptors (Lipinski definition) is 3. The standard InChI is InChI=1S/C16H20N2O3/c1-2-4-15-17-9-11-18(15)10-3-12-21-14-7-5-13(6-8-14)16(19)20/h5-9,11H,2-4,10,12H2,1H3,(H,19,20). The van der Waals surface area contributed by atoms with Crippen molar-refractivity contribution in [3.05, 3.63) is 48.0 Å². The third-order valence-electron chi connectivity index (χ3n) is 3.19. The summed E-state index contributed by atoms with van der Waals surface area (Å²) in [6.07, 6.45) is 6.78. The van der Waals surface area contributed by atoms with E-state index in [0.29, 0.717) is 12.4 Å². The first kappa shape index (κ1) is 15.1. The Labute approximate surface area is 124 Å². The Bertz CT molecular complexity index is 575. The molecule has 1 N–H and O–H groups in total. The van der Waals surface area contributed by atoms with E-state index >= 15 is 0 Å². The second-order valence-corrected chi connectivity index (χ2v) is 4.82. The minimum Gasteiger partial charge on any atom is -0.494 e. The predicted molar refractivity (Wildman–Crippen MR) is 79.7 cm³/mol. The number of aromatic carboxylic acids is 1. The molecule has 5 nitrogen and oxygen atoms in total. The van der Waals surface area contributed by atoms with Crippen LogP contribution in [0.15, 0.2) is 36.7 Å². The zero-order valence-corrected chi connectivity index (χ0v) is 12.2. The van der Waals surface area contributed by atoms with Crippen LogP contribution in [0.5, 0.6) is 5.75 Å². The van der Waals surface area contributed by atoms with Crippen molar-refractivity contribution in [3.63, 3.8) is 0 Å². The molecule has 0 aliphatic rings. The van der Waals surface area contributed by atoms with Gasteiger partial charge in [-0.05, 0) is 37.1 Å². The van der Waals surface area contributed by atoms with Crippen molar-refractivity contribution in [2.24, 2.45) is 0 Å². The van der Waals surface area contributed by atoms with Gasteiger partial charge >= 0.3 is 5.97 Å². The second kappa shape index (κ2) is 7.47. The van der Waals surface area contributed by atoms with Gasteiger partial charge in [-0.3, -0.25) is 0 Å². The number of hydrogen-bond donors (Lipinski definition) is 1. The van der Waals surface area contributed by atoms with Gasteiger partial charge in [0.25, 0.3) is 0 Å². The predicted octanol–water partition coefficient (Wildman–Crippen LogP) is 3.00. The molecule has 0 radical (unpaired) electrons. The topological polar surface area (TPSA) is 64.4 Å². The van der Waals surface area contributed by atoms with Crippen LogP contribution in [0.4, 0.5) is 0 Å². The molecule has 0 fully saturated rings. The molecule has 2 aromatic rings. The number of carboxylic acid groups (broad SMARTS) is 1. The molecule has 0 bridgehead atoms. The number of carbonyl (C=O) groups is 1. The van der Waals surface area contributed by atoms with Crippen molar-refractivity contribution in [2.45, 2.75) is 32.7 Å². The molecule has 0 atom stereocenters. The van der Waals surface area contributed by atoms with Crippen LogP contribution >= 0.6 is 0 Å². The zero-order chi connectivity index (χ0) is 15.1. The molecule has 0 amide bonds. The van der Waals surface area contributed by atoms with Crippen molar-refractivity contribution >= 4 is 5.97 Å². The molecular formula is C16H20N2O3. The fraction of sp³-hybridized carbons (Fsp3) is 0.375.